The first-order valence-electron chi connectivity index (χ1n) is 10.6. The van der Waals surface area contributed by atoms with Crippen LogP contribution in [0.3, 0.4) is 0 Å². The monoisotopic (exact) mass is 348 g/mol. The van der Waals surface area contributed by atoms with Gasteiger partial charge in [-0.3, -0.25) is 0 Å². The lowest BCUT2D eigenvalue weighted by Gasteiger charge is -2.41. The van der Waals surface area contributed by atoms with Gasteiger partial charge in [0.2, 0.25) is 0 Å². The molecule has 0 aromatic heterocycles. The van der Waals surface area contributed by atoms with Crippen LogP contribution in [0.1, 0.15) is 64.1 Å². The molecule has 0 amide bonds. The lowest BCUT2D eigenvalue weighted by molar-refractivity contribution is 0.208. The molecule has 2 heteroatoms. The van der Waals surface area contributed by atoms with Gasteiger partial charge in [0, 0.05) is 7.28 Å². The van der Waals surface area contributed by atoms with Crippen LogP contribution in [0.4, 0.5) is 0 Å². The van der Waals surface area contributed by atoms with Crippen molar-refractivity contribution in [3.05, 3.63) is 63.2 Å². The maximum Gasteiger partial charge on any atom is 0.0210 e. The van der Waals surface area contributed by atoms with Gasteiger partial charge in [0.1, 0.15) is 0 Å². The van der Waals surface area contributed by atoms with Crippen molar-refractivity contribution in [3.8, 4) is 0 Å². The summed E-state index contributed by atoms with van der Waals surface area (Å²) < 4.78 is 0. The van der Waals surface area contributed by atoms with Gasteiger partial charge in [-0.1, -0.05) is 64.4 Å². The number of hydrogen-bond acceptors (Lipinski definition) is 1. The van der Waals surface area contributed by atoms with Gasteiger partial charge in [0.25, 0.3) is 0 Å². The molecule has 1 saturated heterocycles. The summed E-state index contributed by atoms with van der Waals surface area (Å²) in [6.45, 7) is 16.3. The average Bonchev–Trinajstić information content (AvgIpc) is 2.56. The highest BCUT2D eigenvalue weighted by molar-refractivity contribution is 6.56. The minimum atomic E-state index is -0.286. The summed E-state index contributed by atoms with van der Waals surface area (Å²) in [5.74, 6) is 0.621. The molecule has 1 atom stereocenters. The van der Waals surface area contributed by atoms with Crippen LogP contribution in [0.5, 0.6) is 0 Å². The molecule has 0 N–H and O–H groups in total. The summed E-state index contributed by atoms with van der Waals surface area (Å²) in [6.07, 6.45) is 4.12. The highest BCUT2D eigenvalue weighted by atomic mass is 15.1. The quantitative estimate of drug-likeness (QED) is 0.735. The van der Waals surface area contributed by atoms with Gasteiger partial charge in [-0.2, -0.15) is 0 Å². The predicted octanol–water partition coefficient (Wildman–Crippen LogP) is 4.52. The molecule has 0 bridgehead atoms. The number of hydrogen-bond donors (Lipinski definition) is 0. The van der Waals surface area contributed by atoms with E-state index in [9.17, 15) is 0 Å². The normalized spacial score (nSPS) is 16.7. The fraction of sp³-hybridized carbons (Fsp3) is 0.500. The standard InChI is InChI=1S/C24H35BN/c1-16-12-18(3)22(19(4)13-16)24(26-10-8-7-9-11-26)25-23-20(5)14-17(2)15-21(23)6/h12-15,24H,7-11,25H2,1-6H3/q-1. The van der Waals surface area contributed by atoms with Gasteiger partial charge in [-0.05, 0) is 78.6 Å². The zero-order chi connectivity index (χ0) is 18.8. The minimum Gasteiger partial charge on any atom is -0.331 e. The van der Waals surface area contributed by atoms with E-state index < -0.39 is 0 Å². The number of nitrogens with zero attached hydrogens (tertiary/aromatic N) is 1. The molecule has 1 unspecified atom stereocenters. The molecule has 1 nitrogen and oxygen atoms in total. The van der Waals surface area contributed by atoms with E-state index in [1.807, 2.05) is 0 Å². The Balaban J connectivity index is 2.05. The Kier molecular flexibility index (Phi) is 5.92. The number of piperidine rings is 1. The molecule has 0 aliphatic carbocycles. The van der Waals surface area contributed by atoms with Crippen LogP contribution in [0.25, 0.3) is 0 Å². The van der Waals surface area contributed by atoms with Crippen LogP contribution < -0.4 is 5.46 Å². The summed E-state index contributed by atoms with van der Waals surface area (Å²) in [7, 11) is -0.286. The fourth-order valence-electron chi connectivity index (χ4n) is 5.65. The molecule has 1 aliphatic rings. The van der Waals surface area contributed by atoms with E-state index in [1.54, 1.807) is 11.0 Å². The number of benzene rings is 2. The lowest BCUT2D eigenvalue weighted by atomic mass is 9.56. The van der Waals surface area contributed by atoms with Crippen molar-refractivity contribution in [1.82, 2.24) is 4.90 Å². The Hall–Kier alpha value is -1.54. The van der Waals surface area contributed by atoms with Crippen molar-refractivity contribution < 1.29 is 0 Å². The molecule has 0 spiro atoms. The van der Waals surface area contributed by atoms with Crippen LogP contribution in [0, 0.1) is 41.5 Å². The maximum absolute atomic E-state index is 2.81. The molecule has 140 valence electrons. The number of aryl methyl sites for hydroxylation is 6. The first-order valence-corrected chi connectivity index (χ1v) is 10.6. The molecule has 3 rings (SSSR count). The third-order valence-electron chi connectivity index (χ3n) is 6.73. The average molecular weight is 348 g/mol. The van der Waals surface area contributed by atoms with Crippen LogP contribution >= 0.6 is 0 Å². The third kappa shape index (κ3) is 4.06. The first-order chi connectivity index (χ1) is 12.4. The maximum atomic E-state index is 2.81. The Labute approximate surface area is 161 Å². The SMILES string of the molecule is Cc1cc(C)c([BH2-]C(c2c(C)cc(C)cc2C)N2CCCCC2)c(C)c1. The van der Waals surface area contributed by atoms with E-state index in [-0.39, 0.29) is 7.28 Å². The molecule has 0 saturated carbocycles. The van der Waals surface area contributed by atoms with Crippen molar-refractivity contribution in [3.63, 3.8) is 0 Å². The van der Waals surface area contributed by atoms with Crippen molar-refractivity contribution in [2.75, 3.05) is 13.1 Å². The van der Waals surface area contributed by atoms with Crippen molar-refractivity contribution in [2.45, 2.75) is 66.7 Å². The lowest BCUT2D eigenvalue weighted by Crippen LogP contribution is -2.42. The molecular formula is C24H35BN-. The van der Waals surface area contributed by atoms with Gasteiger partial charge in [-0.25, -0.2) is 5.46 Å². The van der Waals surface area contributed by atoms with E-state index in [1.165, 1.54) is 65.7 Å². The molecule has 2 aromatic carbocycles. The van der Waals surface area contributed by atoms with Gasteiger partial charge >= 0.3 is 0 Å². The van der Waals surface area contributed by atoms with Crippen LogP contribution in [-0.4, -0.2) is 25.3 Å². The fourth-order valence-corrected chi connectivity index (χ4v) is 5.65. The topological polar surface area (TPSA) is 3.24 Å². The van der Waals surface area contributed by atoms with Gasteiger partial charge in [0.15, 0.2) is 0 Å². The van der Waals surface area contributed by atoms with E-state index in [4.69, 9.17) is 0 Å². The molecule has 1 aliphatic heterocycles. The zero-order valence-electron chi connectivity index (χ0n) is 17.9. The molecular weight excluding hydrogens is 313 g/mol. The van der Waals surface area contributed by atoms with Crippen LogP contribution in [0.15, 0.2) is 24.3 Å². The first kappa shape index (κ1) is 19.2. The number of likely N-dealkylation sites (tertiary alicyclic amines) is 1. The molecule has 1 heterocycles. The van der Waals surface area contributed by atoms with Gasteiger partial charge in [0.05, 0.1) is 0 Å². The van der Waals surface area contributed by atoms with Crippen molar-refractivity contribution >= 4 is 12.7 Å². The van der Waals surface area contributed by atoms with Crippen molar-refractivity contribution in [2.24, 2.45) is 0 Å². The highest BCUT2D eigenvalue weighted by Gasteiger charge is 2.22. The van der Waals surface area contributed by atoms with Gasteiger partial charge < -0.3 is 4.90 Å². The molecule has 0 radical (unpaired) electrons. The summed E-state index contributed by atoms with van der Waals surface area (Å²) >= 11 is 0. The highest BCUT2D eigenvalue weighted by Crippen LogP contribution is 2.30. The van der Waals surface area contributed by atoms with Crippen LogP contribution in [-0.2, 0) is 0 Å². The zero-order valence-corrected chi connectivity index (χ0v) is 17.9. The Morgan fingerprint density at radius 3 is 1.65 bits per heavy atom. The third-order valence-corrected chi connectivity index (χ3v) is 6.73. The van der Waals surface area contributed by atoms with E-state index in [2.05, 4.69) is 70.7 Å². The van der Waals surface area contributed by atoms with Crippen LogP contribution in [0.2, 0.25) is 0 Å². The smallest absolute Gasteiger partial charge is 0.0210 e. The second-order valence-electron chi connectivity index (χ2n) is 8.90. The molecule has 1 fully saturated rings. The number of rotatable bonds is 4. The minimum absolute atomic E-state index is 0.286. The van der Waals surface area contributed by atoms with E-state index in [0.29, 0.717) is 5.94 Å². The summed E-state index contributed by atoms with van der Waals surface area (Å²) in [5.41, 5.74) is 12.1. The van der Waals surface area contributed by atoms with Gasteiger partial charge in [-0.15, -0.1) is 0 Å². The Morgan fingerprint density at radius 1 is 0.692 bits per heavy atom. The van der Waals surface area contributed by atoms with Crippen molar-refractivity contribution in [1.29, 1.82) is 0 Å². The summed E-state index contributed by atoms with van der Waals surface area (Å²) in [4.78, 5) is 2.81. The molecule has 26 heavy (non-hydrogen) atoms. The molecule has 2 aromatic rings. The predicted molar refractivity (Wildman–Crippen MR) is 118 cm³/mol. The summed E-state index contributed by atoms with van der Waals surface area (Å²) in [5, 5.41) is 0. The Bertz CT molecular complexity index is 741. The van der Waals surface area contributed by atoms with E-state index in [0.717, 1.165) is 0 Å². The Morgan fingerprint density at radius 2 is 1.15 bits per heavy atom. The second-order valence-corrected chi connectivity index (χ2v) is 8.90. The second kappa shape index (κ2) is 8.00. The summed E-state index contributed by atoms with van der Waals surface area (Å²) in [6, 6.07) is 9.54. The largest absolute Gasteiger partial charge is 0.331 e. The van der Waals surface area contributed by atoms with E-state index >= 15 is 0 Å².